The fraction of sp³-hybridized carbons (Fsp3) is 0.348. The highest BCUT2D eigenvalue weighted by molar-refractivity contribution is 5.91. The number of fused-ring (bicyclic) bond motifs is 6. The highest BCUT2D eigenvalue weighted by Crippen LogP contribution is 2.46. The molecule has 0 saturated carbocycles. The minimum absolute atomic E-state index is 0.0393. The number of nitrogens with zero attached hydrogens (tertiary/aromatic N) is 2. The molecule has 0 fully saturated rings. The second-order valence-electron chi connectivity index (χ2n) is 8.36. The minimum atomic E-state index is -3.74. The summed E-state index contributed by atoms with van der Waals surface area (Å²) >= 11 is 0. The first kappa shape index (κ1) is 20.1. The Bertz CT molecular complexity index is 1460. The molecule has 3 aliphatic heterocycles. The number of cyclic esters (lactones) is 1. The number of carbonyl (C=O) groups is 1. The van der Waals surface area contributed by atoms with Crippen LogP contribution >= 0.6 is 0 Å². The van der Waals surface area contributed by atoms with Crippen molar-refractivity contribution < 1.29 is 32.9 Å². The molecule has 3 aromatic rings. The van der Waals surface area contributed by atoms with Crippen molar-refractivity contribution in [3.05, 3.63) is 50.8 Å². The van der Waals surface area contributed by atoms with Crippen molar-refractivity contribution in [2.75, 3.05) is 0 Å². The number of carbonyl (C=O) groups excluding carboxylic acids is 1. The Hall–Kier alpha value is -3.53. The molecule has 1 aromatic carbocycles. The highest BCUT2D eigenvalue weighted by atomic mass is 19.3. The topological polar surface area (TPSA) is 99.9 Å². The molecule has 5 heterocycles. The zero-order chi connectivity index (χ0) is 23.3. The number of alkyl halides is 2. The van der Waals surface area contributed by atoms with Gasteiger partial charge in [0.15, 0.2) is 17.1 Å². The number of aryl methyl sites for hydroxylation is 1. The van der Waals surface area contributed by atoms with Gasteiger partial charge >= 0.3 is 12.3 Å². The van der Waals surface area contributed by atoms with Gasteiger partial charge in [-0.25, -0.2) is 9.78 Å². The number of pyridine rings is 2. The molecule has 2 aromatic heterocycles. The van der Waals surface area contributed by atoms with Gasteiger partial charge in [0, 0.05) is 22.6 Å². The number of rotatable bonds is 2. The molecular weight excluding hydrogens is 438 g/mol. The van der Waals surface area contributed by atoms with Crippen LogP contribution in [0.3, 0.4) is 0 Å². The average molecular weight is 456 g/mol. The van der Waals surface area contributed by atoms with E-state index in [2.05, 4.69) is 14.5 Å². The quantitative estimate of drug-likeness (QED) is 0.463. The van der Waals surface area contributed by atoms with Gasteiger partial charge in [-0.15, -0.1) is 8.78 Å². The SMILES string of the molecule is CCc1c2c(nc3cc4c(cc13)OC(F)(F)O4)-c1cc3c(c(=O)n1C2)COC(=O)C3(O)CC. The first-order valence-electron chi connectivity index (χ1n) is 10.6. The summed E-state index contributed by atoms with van der Waals surface area (Å²) in [6.07, 6.45) is -3.15. The number of aliphatic hydroxyl groups is 1. The van der Waals surface area contributed by atoms with E-state index in [4.69, 9.17) is 4.74 Å². The van der Waals surface area contributed by atoms with Crippen LogP contribution in [0.5, 0.6) is 11.5 Å². The molecule has 0 saturated heterocycles. The third-order valence-corrected chi connectivity index (χ3v) is 6.68. The second-order valence-corrected chi connectivity index (χ2v) is 8.36. The lowest BCUT2D eigenvalue weighted by Crippen LogP contribution is -2.44. The van der Waals surface area contributed by atoms with Crippen LogP contribution in [-0.2, 0) is 34.7 Å². The zero-order valence-electron chi connectivity index (χ0n) is 17.7. The first-order chi connectivity index (χ1) is 15.7. The fourth-order valence-corrected chi connectivity index (χ4v) is 5.01. The summed E-state index contributed by atoms with van der Waals surface area (Å²) in [6, 6.07) is 4.49. The normalized spacial score (nSPS) is 21.5. The van der Waals surface area contributed by atoms with Gasteiger partial charge in [0.05, 0.1) is 29.0 Å². The molecule has 6 rings (SSSR count). The van der Waals surface area contributed by atoms with Crippen molar-refractivity contribution in [2.24, 2.45) is 0 Å². The molecular formula is C23H18F2N2O6. The van der Waals surface area contributed by atoms with Crippen LogP contribution in [0.15, 0.2) is 23.0 Å². The predicted octanol–water partition coefficient (Wildman–Crippen LogP) is 2.96. The van der Waals surface area contributed by atoms with Gasteiger partial charge in [0.1, 0.15) is 6.61 Å². The molecule has 33 heavy (non-hydrogen) atoms. The Balaban J connectivity index is 1.62. The number of benzene rings is 1. The lowest BCUT2D eigenvalue weighted by Gasteiger charge is -2.31. The summed E-state index contributed by atoms with van der Waals surface area (Å²) < 4.78 is 43.0. The van der Waals surface area contributed by atoms with Gasteiger partial charge in [-0.2, -0.15) is 0 Å². The number of aromatic nitrogens is 2. The van der Waals surface area contributed by atoms with E-state index in [9.17, 15) is 23.5 Å². The number of esters is 1. The lowest BCUT2D eigenvalue weighted by atomic mass is 9.86. The van der Waals surface area contributed by atoms with Gasteiger partial charge in [-0.3, -0.25) is 4.79 Å². The third kappa shape index (κ3) is 2.55. The summed E-state index contributed by atoms with van der Waals surface area (Å²) in [6.45, 7) is 3.57. The maximum absolute atomic E-state index is 13.6. The van der Waals surface area contributed by atoms with Gasteiger partial charge in [-0.05, 0) is 30.5 Å². The van der Waals surface area contributed by atoms with E-state index < -0.39 is 17.9 Å². The standard InChI is InChI=1S/C23H18F2N2O6/c1-3-10-11-5-17-18(33-23(24,25)32-17)7-15(11)26-19-12(10)8-27-16(19)6-14-13(20(27)28)9-31-21(29)22(14,30)4-2/h5-7,30H,3-4,8-9H2,1-2H3. The molecule has 10 heteroatoms. The molecule has 0 amide bonds. The van der Waals surface area contributed by atoms with Crippen molar-refractivity contribution in [1.29, 1.82) is 0 Å². The zero-order valence-corrected chi connectivity index (χ0v) is 17.7. The minimum Gasteiger partial charge on any atom is -0.458 e. The van der Waals surface area contributed by atoms with E-state index in [1.54, 1.807) is 17.6 Å². The summed E-state index contributed by atoms with van der Waals surface area (Å²) in [5, 5.41) is 11.6. The molecule has 3 aliphatic rings. The Morgan fingerprint density at radius 1 is 1.12 bits per heavy atom. The van der Waals surface area contributed by atoms with Crippen LogP contribution in [0, 0.1) is 0 Å². The smallest absolute Gasteiger partial charge is 0.458 e. The average Bonchev–Trinajstić information content (AvgIpc) is 3.29. The Labute approximate surface area is 185 Å². The first-order valence-corrected chi connectivity index (χ1v) is 10.6. The van der Waals surface area contributed by atoms with Crippen molar-refractivity contribution in [1.82, 2.24) is 9.55 Å². The Morgan fingerprint density at radius 3 is 2.55 bits per heavy atom. The molecule has 8 nitrogen and oxygen atoms in total. The Morgan fingerprint density at radius 2 is 1.85 bits per heavy atom. The second kappa shape index (κ2) is 6.28. The molecule has 0 bridgehead atoms. The molecule has 0 spiro atoms. The molecule has 1 atom stereocenters. The predicted molar refractivity (Wildman–Crippen MR) is 110 cm³/mol. The van der Waals surface area contributed by atoms with Crippen LogP contribution < -0.4 is 15.0 Å². The van der Waals surface area contributed by atoms with Crippen molar-refractivity contribution in [3.8, 4) is 22.9 Å². The number of ether oxygens (including phenoxy) is 3. The van der Waals surface area contributed by atoms with Crippen LogP contribution in [0.1, 0.15) is 42.5 Å². The fourth-order valence-electron chi connectivity index (χ4n) is 5.01. The largest absolute Gasteiger partial charge is 0.586 e. The highest BCUT2D eigenvalue weighted by Gasteiger charge is 2.46. The van der Waals surface area contributed by atoms with Crippen molar-refractivity contribution >= 4 is 16.9 Å². The van der Waals surface area contributed by atoms with Crippen LogP contribution in [-0.4, -0.2) is 26.9 Å². The summed E-state index contributed by atoms with van der Waals surface area (Å²) in [5.74, 6) is -0.990. The van der Waals surface area contributed by atoms with E-state index in [1.165, 1.54) is 12.1 Å². The van der Waals surface area contributed by atoms with Crippen LogP contribution in [0.25, 0.3) is 22.3 Å². The molecule has 0 aliphatic carbocycles. The van der Waals surface area contributed by atoms with Crippen LogP contribution in [0.2, 0.25) is 0 Å². The van der Waals surface area contributed by atoms with Crippen LogP contribution in [0.4, 0.5) is 8.78 Å². The maximum Gasteiger partial charge on any atom is 0.586 e. The van der Waals surface area contributed by atoms with E-state index in [-0.39, 0.29) is 47.8 Å². The summed E-state index contributed by atoms with van der Waals surface area (Å²) in [7, 11) is 0. The van der Waals surface area contributed by atoms with Gasteiger partial charge in [0.2, 0.25) is 0 Å². The lowest BCUT2D eigenvalue weighted by molar-refractivity contribution is -0.286. The molecule has 170 valence electrons. The van der Waals surface area contributed by atoms with Crippen molar-refractivity contribution in [2.45, 2.75) is 51.7 Å². The van der Waals surface area contributed by atoms with E-state index >= 15 is 0 Å². The number of hydrogen-bond donors (Lipinski definition) is 1. The number of hydrogen-bond acceptors (Lipinski definition) is 7. The van der Waals surface area contributed by atoms with Crippen molar-refractivity contribution in [3.63, 3.8) is 0 Å². The third-order valence-electron chi connectivity index (χ3n) is 6.68. The van der Waals surface area contributed by atoms with E-state index in [0.29, 0.717) is 28.7 Å². The molecule has 1 unspecified atom stereocenters. The molecule has 1 N–H and O–H groups in total. The van der Waals surface area contributed by atoms with Gasteiger partial charge in [0.25, 0.3) is 5.56 Å². The summed E-state index contributed by atoms with van der Waals surface area (Å²) in [4.78, 5) is 30.3. The van der Waals surface area contributed by atoms with Gasteiger partial charge < -0.3 is 23.9 Å². The van der Waals surface area contributed by atoms with Gasteiger partial charge in [-0.1, -0.05) is 13.8 Å². The van der Waals surface area contributed by atoms with E-state index in [1.807, 2.05) is 6.92 Å². The summed E-state index contributed by atoms with van der Waals surface area (Å²) in [5.41, 5.74) is 1.16. The Kier molecular flexibility index (Phi) is 3.83. The maximum atomic E-state index is 13.6. The molecule has 0 radical (unpaired) electrons. The monoisotopic (exact) mass is 456 g/mol. The number of halogens is 2. The van der Waals surface area contributed by atoms with E-state index in [0.717, 1.165) is 11.1 Å².